The molecule has 3 heterocycles. The number of hydrogen-bond donors (Lipinski definition) is 2. The van der Waals surface area contributed by atoms with Crippen molar-refractivity contribution in [3.63, 3.8) is 0 Å². The molecule has 1 aliphatic carbocycles. The van der Waals surface area contributed by atoms with Crippen LogP contribution in [0.25, 0.3) is 22.3 Å². The van der Waals surface area contributed by atoms with Crippen molar-refractivity contribution < 1.29 is 18.0 Å². The maximum absolute atomic E-state index is 12.7. The number of hydrogen-bond acceptors (Lipinski definition) is 4. The second kappa shape index (κ2) is 5.54. The molecule has 3 aromatic heterocycles. The molecule has 9 heteroatoms. The van der Waals surface area contributed by atoms with E-state index in [9.17, 15) is 18.0 Å². The summed E-state index contributed by atoms with van der Waals surface area (Å²) < 4.78 is 38.2. The third kappa shape index (κ3) is 3.17. The average Bonchev–Trinajstić information content (AvgIpc) is 3.34. The molecular weight excluding hydrogens is 335 g/mol. The highest BCUT2D eigenvalue weighted by Crippen LogP contribution is 2.31. The summed E-state index contributed by atoms with van der Waals surface area (Å²) in [7, 11) is 0. The van der Waals surface area contributed by atoms with E-state index in [4.69, 9.17) is 0 Å². The maximum Gasteiger partial charge on any atom is 0.451 e. The summed E-state index contributed by atoms with van der Waals surface area (Å²) in [5.41, 5.74) is 1.18. The minimum Gasteiger partial charge on any atom is -0.353 e. The molecule has 0 saturated heterocycles. The first-order valence-corrected chi connectivity index (χ1v) is 7.60. The van der Waals surface area contributed by atoms with Gasteiger partial charge in [-0.25, -0.2) is 15.0 Å². The molecule has 0 unspecified atom stereocenters. The highest BCUT2D eigenvalue weighted by molar-refractivity contribution is 5.95. The number of amides is 1. The van der Waals surface area contributed by atoms with E-state index in [0.29, 0.717) is 22.4 Å². The first-order chi connectivity index (χ1) is 11.9. The van der Waals surface area contributed by atoms with Gasteiger partial charge in [0.05, 0.1) is 16.9 Å². The number of pyridine rings is 1. The average molecular weight is 347 g/mol. The minimum atomic E-state index is -4.61. The molecule has 0 spiro atoms. The number of H-pyrrole nitrogens is 1. The van der Waals surface area contributed by atoms with Crippen molar-refractivity contribution in [3.8, 4) is 11.4 Å². The van der Waals surface area contributed by atoms with Gasteiger partial charge in [-0.1, -0.05) is 0 Å². The first kappa shape index (κ1) is 15.6. The van der Waals surface area contributed by atoms with Gasteiger partial charge >= 0.3 is 6.18 Å². The first-order valence-electron chi connectivity index (χ1n) is 7.60. The van der Waals surface area contributed by atoms with E-state index in [1.165, 1.54) is 6.07 Å². The molecule has 0 aromatic carbocycles. The van der Waals surface area contributed by atoms with Gasteiger partial charge in [-0.05, 0) is 25.0 Å². The number of aromatic amines is 1. The van der Waals surface area contributed by atoms with E-state index in [0.717, 1.165) is 19.0 Å². The number of nitrogens with one attached hydrogen (secondary N) is 2. The summed E-state index contributed by atoms with van der Waals surface area (Å²) in [5, 5.41) is 3.43. The molecule has 0 aliphatic heterocycles. The molecular formula is C16H12F3N5O. The lowest BCUT2D eigenvalue weighted by atomic mass is 10.2. The Morgan fingerprint density at radius 3 is 2.76 bits per heavy atom. The van der Waals surface area contributed by atoms with Gasteiger partial charge in [0, 0.05) is 29.8 Å². The fourth-order valence-corrected chi connectivity index (χ4v) is 2.45. The van der Waals surface area contributed by atoms with E-state index in [2.05, 4.69) is 25.3 Å². The lowest BCUT2D eigenvalue weighted by molar-refractivity contribution is -0.144. The number of anilines is 1. The van der Waals surface area contributed by atoms with Gasteiger partial charge in [-0.2, -0.15) is 13.2 Å². The van der Waals surface area contributed by atoms with Gasteiger partial charge < -0.3 is 10.3 Å². The molecule has 0 atom stereocenters. The van der Waals surface area contributed by atoms with E-state index < -0.39 is 12.0 Å². The highest BCUT2D eigenvalue weighted by Gasteiger charge is 2.34. The zero-order chi connectivity index (χ0) is 17.6. The zero-order valence-corrected chi connectivity index (χ0v) is 12.8. The number of nitrogens with zero attached hydrogens (tertiary/aromatic N) is 3. The fraction of sp³-hybridized carbons (Fsp3) is 0.250. The second-order valence-electron chi connectivity index (χ2n) is 5.87. The highest BCUT2D eigenvalue weighted by atomic mass is 19.4. The van der Waals surface area contributed by atoms with Crippen molar-refractivity contribution in [1.82, 2.24) is 19.9 Å². The lowest BCUT2D eigenvalue weighted by Crippen LogP contribution is -2.14. The second-order valence-corrected chi connectivity index (χ2v) is 5.87. The predicted octanol–water partition coefficient (Wildman–Crippen LogP) is 3.39. The van der Waals surface area contributed by atoms with Gasteiger partial charge in [-0.3, -0.25) is 4.79 Å². The van der Waals surface area contributed by atoms with E-state index in [1.807, 2.05) is 0 Å². The van der Waals surface area contributed by atoms with Gasteiger partial charge in [0.25, 0.3) is 0 Å². The Labute approximate surface area is 139 Å². The largest absolute Gasteiger partial charge is 0.451 e. The van der Waals surface area contributed by atoms with Crippen molar-refractivity contribution in [3.05, 3.63) is 36.4 Å². The molecule has 1 saturated carbocycles. The van der Waals surface area contributed by atoms with Crippen LogP contribution in [0.1, 0.15) is 18.7 Å². The summed E-state index contributed by atoms with van der Waals surface area (Å²) in [6.07, 6.45) is -0.226. The normalized spacial score (nSPS) is 14.7. The van der Waals surface area contributed by atoms with Gasteiger partial charge in [0.2, 0.25) is 11.7 Å². The molecule has 1 fully saturated rings. The van der Waals surface area contributed by atoms with Crippen LogP contribution in [0.3, 0.4) is 0 Å². The predicted molar refractivity (Wildman–Crippen MR) is 83.5 cm³/mol. The van der Waals surface area contributed by atoms with Crippen LogP contribution in [0.2, 0.25) is 0 Å². The number of fused-ring (bicyclic) bond motifs is 1. The SMILES string of the molecule is O=C(Nc1cc2[nH]c(-c3ccnc(C(F)(F)F)n3)cc2cn1)C1CC1. The van der Waals surface area contributed by atoms with E-state index >= 15 is 0 Å². The van der Waals surface area contributed by atoms with Crippen LogP contribution >= 0.6 is 0 Å². The topological polar surface area (TPSA) is 83.6 Å². The van der Waals surface area contributed by atoms with Crippen molar-refractivity contribution >= 4 is 22.6 Å². The van der Waals surface area contributed by atoms with Gasteiger partial charge in [0.1, 0.15) is 5.82 Å². The number of halogens is 3. The summed E-state index contributed by atoms with van der Waals surface area (Å²) >= 11 is 0. The van der Waals surface area contributed by atoms with Crippen LogP contribution in [0.4, 0.5) is 19.0 Å². The number of rotatable bonds is 3. The summed E-state index contributed by atoms with van der Waals surface area (Å²) in [5.74, 6) is -0.807. The summed E-state index contributed by atoms with van der Waals surface area (Å²) in [4.78, 5) is 25.7. The van der Waals surface area contributed by atoms with Crippen molar-refractivity contribution in [2.24, 2.45) is 5.92 Å². The monoisotopic (exact) mass is 347 g/mol. The summed E-state index contributed by atoms with van der Waals surface area (Å²) in [6, 6.07) is 4.69. The molecule has 128 valence electrons. The van der Waals surface area contributed by atoms with Gasteiger partial charge in [-0.15, -0.1) is 0 Å². The smallest absolute Gasteiger partial charge is 0.353 e. The molecule has 0 radical (unpaired) electrons. The van der Waals surface area contributed by atoms with Crippen molar-refractivity contribution in [2.45, 2.75) is 19.0 Å². The standard InChI is InChI=1S/C16H12F3N5O/c17-16(18,19)15-20-4-3-10(23-15)12-5-9-7-21-13(6-11(9)22-12)24-14(25)8-1-2-8/h3-8,22H,1-2H2,(H,21,24,25). The molecule has 0 bridgehead atoms. The minimum absolute atomic E-state index is 0.0542. The zero-order valence-electron chi connectivity index (χ0n) is 12.8. The third-order valence-electron chi connectivity index (χ3n) is 3.89. The van der Waals surface area contributed by atoms with Crippen LogP contribution in [-0.2, 0) is 11.0 Å². The van der Waals surface area contributed by atoms with Crippen LogP contribution in [0, 0.1) is 5.92 Å². The Morgan fingerprint density at radius 1 is 1.24 bits per heavy atom. The molecule has 4 rings (SSSR count). The Morgan fingerprint density at radius 2 is 2.04 bits per heavy atom. The maximum atomic E-state index is 12.7. The fourth-order valence-electron chi connectivity index (χ4n) is 2.45. The summed E-state index contributed by atoms with van der Waals surface area (Å²) in [6.45, 7) is 0. The molecule has 1 amide bonds. The van der Waals surface area contributed by atoms with Crippen LogP contribution in [0.15, 0.2) is 30.6 Å². The van der Waals surface area contributed by atoms with Crippen LogP contribution in [-0.4, -0.2) is 25.8 Å². The Hall–Kier alpha value is -2.97. The Balaban J connectivity index is 1.66. The number of aromatic nitrogens is 4. The third-order valence-corrected chi connectivity index (χ3v) is 3.89. The van der Waals surface area contributed by atoms with Crippen molar-refractivity contribution in [1.29, 1.82) is 0 Å². The van der Waals surface area contributed by atoms with Crippen LogP contribution < -0.4 is 5.32 Å². The molecule has 25 heavy (non-hydrogen) atoms. The number of carbonyl (C=O) groups is 1. The Bertz CT molecular complexity index is 962. The number of alkyl halides is 3. The Kier molecular flexibility index (Phi) is 3.45. The van der Waals surface area contributed by atoms with E-state index in [-0.39, 0.29) is 17.5 Å². The molecule has 2 N–H and O–H groups in total. The number of carbonyl (C=O) groups excluding carboxylic acids is 1. The van der Waals surface area contributed by atoms with Crippen LogP contribution in [0.5, 0.6) is 0 Å². The molecule has 1 aliphatic rings. The molecule has 6 nitrogen and oxygen atoms in total. The van der Waals surface area contributed by atoms with Crippen molar-refractivity contribution in [2.75, 3.05) is 5.32 Å². The lowest BCUT2D eigenvalue weighted by Gasteiger charge is -2.05. The molecule has 3 aromatic rings. The quantitative estimate of drug-likeness (QED) is 0.761. The van der Waals surface area contributed by atoms with Gasteiger partial charge in [0.15, 0.2) is 0 Å². The van der Waals surface area contributed by atoms with E-state index in [1.54, 1.807) is 18.3 Å².